The molecule has 0 bridgehead atoms. The fourth-order valence-corrected chi connectivity index (χ4v) is 1.32. The molecule has 0 atom stereocenters. The zero-order chi connectivity index (χ0) is 12.8. The summed E-state index contributed by atoms with van der Waals surface area (Å²) in [4.78, 5) is 13.5. The summed E-state index contributed by atoms with van der Waals surface area (Å²) in [6, 6.07) is 7.74. The Balaban J connectivity index is 2.52. The monoisotopic (exact) mass is 236 g/mol. The second kappa shape index (κ2) is 6.13. The number of amides is 1. The first-order valence-corrected chi connectivity index (χ1v) is 5.68. The molecule has 1 rings (SSSR count). The van der Waals surface area contributed by atoms with E-state index in [0.29, 0.717) is 6.54 Å². The molecular weight excluding hydrogens is 216 g/mol. The average Bonchev–Trinajstić information content (AvgIpc) is 2.35. The number of hydrogen-bond donors (Lipinski definition) is 1. The highest BCUT2D eigenvalue weighted by Crippen LogP contribution is 2.16. The average molecular weight is 236 g/mol. The van der Waals surface area contributed by atoms with Gasteiger partial charge in [0.1, 0.15) is 5.75 Å². The van der Waals surface area contributed by atoms with Gasteiger partial charge in [-0.05, 0) is 26.0 Å². The number of carbonyl (C=O) groups excluding carboxylic acids is 1. The zero-order valence-electron chi connectivity index (χ0n) is 10.9. The van der Waals surface area contributed by atoms with E-state index in [-0.39, 0.29) is 11.9 Å². The smallest absolute Gasteiger partial charge is 0.241 e. The van der Waals surface area contributed by atoms with Gasteiger partial charge in [-0.25, -0.2) is 0 Å². The number of anilines is 1. The summed E-state index contributed by atoms with van der Waals surface area (Å²) in [5.74, 6) is 0.850. The molecule has 0 fully saturated rings. The summed E-state index contributed by atoms with van der Waals surface area (Å²) in [6.07, 6.45) is 0. The molecule has 1 aromatic carbocycles. The van der Waals surface area contributed by atoms with Crippen molar-refractivity contribution < 1.29 is 9.53 Å². The van der Waals surface area contributed by atoms with Gasteiger partial charge in [-0.2, -0.15) is 0 Å². The Labute approximate surface area is 103 Å². The molecule has 0 unspecified atom stereocenters. The van der Waals surface area contributed by atoms with Crippen molar-refractivity contribution >= 4 is 11.6 Å². The Hall–Kier alpha value is -1.71. The molecule has 1 amide bonds. The summed E-state index contributed by atoms with van der Waals surface area (Å²) >= 11 is 0. The fraction of sp³-hybridized carbons (Fsp3) is 0.462. The van der Waals surface area contributed by atoms with Gasteiger partial charge in [0.25, 0.3) is 0 Å². The number of nitrogens with zero attached hydrogens (tertiary/aromatic N) is 1. The second-order valence-corrected chi connectivity index (χ2v) is 4.18. The van der Waals surface area contributed by atoms with Gasteiger partial charge in [-0.3, -0.25) is 4.79 Å². The Kier molecular flexibility index (Phi) is 4.82. The highest BCUT2D eigenvalue weighted by atomic mass is 16.5. The van der Waals surface area contributed by atoms with E-state index in [1.807, 2.05) is 38.1 Å². The first kappa shape index (κ1) is 13.4. The first-order chi connectivity index (χ1) is 8.04. The van der Waals surface area contributed by atoms with E-state index in [9.17, 15) is 4.79 Å². The van der Waals surface area contributed by atoms with Crippen molar-refractivity contribution in [1.82, 2.24) is 4.90 Å². The molecule has 0 aliphatic rings. The van der Waals surface area contributed by atoms with Crippen LogP contribution in [0.4, 0.5) is 5.69 Å². The van der Waals surface area contributed by atoms with Crippen molar-refractivity contribution in [2.24, 2.45) is 0 Å². The summed E-state index contributed by atoms with van der Waals surface area (Å²) < 4.78 is 5.11. The van der Waals surface area contributed by atoms with E-state index in [0.717, 1.165) is 11.4 Å². The Morgan fingerprint density at radius 1 is 1.47 bits per heavy atom. The van der Waals surface area contributed by atoms with Crippen LogP contribution in [-0.4, -0.2) is 37.6 Å². The maximum atomic E-state index is 11.7. The van der Waals surface area contributed by atoms with E-state index in [1.54, 1.807) is 19.1 Å². The van der Waals surface area contributed by atoms with E-state index < -0.39 is 0 Å². The first-order valence-electron chi connectivity index (χ1n) is 5.68. The lowest BCUT2D eigenvalue weighted by molar-refractivity contribution is -0.129. The van der Waals surface area contributed by atoms with Crippen LogP contribution in [0.2, 0.25) is 0 Å². The molecule has 4 nitrogen and oxygen atoms in total. The lowest BCUT2D eigenvalue weighted by Gasteiger charge is -2.21. The summed E-state index contributed by atoms with van der Waals surface area (Å²) in [6.45, 7) is 4.27. The normalized spacial score (nSPS) is 10.2. The van der Waals surface area contributed by atoms with Crippen molar-refractivity contribution in [3.8, 4) is 5.75 Å². The number of benzene rings is 1. The van der Waals surface area contributed by atoms with Crippen LogP contribution in [0.15, 0.2) is 24.3 Å². The fourth-order valence-electron chi connectivity index (χ4n) is 1.32. The molecule has 4 heteroatoms. The second-order valence-electron chi connectivity index (χ2n) is 4.18. The van der Waals surface area contributed by atoms with Crippen LogP contribution in [0.1, 0.15) is 13.8 Å². The number of hydrogen-bond acceptors (Lipinski definition) is 3. The van der Waals surface area contributed by atoms with E-state index in [2.05, 4.69) is 5.32 Å². The molecule has 0 spiro atoms. The highest BCUT2D eigenvalue weighted by molar-refractivity contribution is 5.80. The van der Waals surface area contributed by atoms with Gasteiger partial charge in [0.05, 0.1) is 13.7 Å². The van der Waals surface area contributed by atoms with Crippen LogP contribution in [0.5, 0.6) is 5.75 Å². The molecule has 0 aromatic heterocycles. The molecule has 0 saturated heterocycles. The van der Waals surface area contributed by atoms with Gasteiger partial charge in [0.15, 0.2) is 0 Å². The number of ether oxygens (including phenoxy) is 1. The van der Waals surface area contributed by atoms with Gasteiger partial charge in [0.2, 0.25) is 5.91 Å². The summed E-state index contributed by atoms with van der Waals surface area (Å²) in [5, 5.41) is 3.08. The van der Waals surface area contributed by atoms with E-state index >= 15 is 0 Å². The molecular formula is C13H20N2O2. The maximum Gasteiger partial charge on any atom is 0.241 e. The zero-order valence-corrected chi connectivity index (χ0v) is 10.9. The Morgan fingerprint density at radius 2 is 2.18 bits per heavy atom. The quantitative estimate of drug-likeness (QED) is 0.850. The lowest BCUT2D eigenvalue weighted by atomic mass is 10.3. The number of carbonyl (C=O) groups is 1. The minimum atomic E-state index is 0.0721. The topological polar surface area (TPSA) is 41.6 Å². The summed E-state index contributed by atoms with van der Waals surface area (Å²) in [7, 11) is 3.43. The minimum absolute atomic E-state index is 0.0721. The van der Waals surface area contributed by atoms with Gasteiger partial charge in [-0.1, -0.05) is 6.07 Å². The van der Waals surface area contributed by atoms with E-state index in [4.69, 9.17) is 4.74 Å². The third-order valence-corrected chi connectivity index (χ3v) is 2.68. The van der Waals surface area contributed by atoms with Crippen LogP contribution >= 0.6 is 0 Å². The summed E-state index contributed by atoms with van der Waals surface area (Å²) in [5.41, 5.74) is 0.884. The molecule has 94 valence electrons. The standard InChI is InChI=1S/C13H20N2O2/c1-10(2)15(3)13(16)9-14-11-6-5-7-12(8-11)17-4/h5-8,10,14H,9H2,1-4H3. The van der Waals surface area contributed by atoms with E-state index in [1.165, 1.54) is 0 Å². The Bertz CT molecular complexity index is 377. The molecule has 0 aliphatic heterocycles. The maximum absolute atomic E-state index is 11.7. The largest absolute Gasteiger partial charge is 0.497 e. The van der Waals surface area contributed by atoms with Crippen molar-refractivity contribution in [3.05, 3.63) is 24.3 Å². The molecule has 1 N–H and O–H groups in total. The van der Waals surface area contributed by atoms with Crippen LogP contribution < -0.4 is 10.1 Å². The van der Waals surface area contributed by atoms with Crippen molar-refractivity contribution in [2.45, 2.75) is 19.9 Å². The highest BCUT2D eigenvalue weighted by Gasteiger charge is 2.11. The van der Waals surface area contributed by atoms with Crippen LogP contribution in [0.25, 0.3) is 0 Å². The Morgan fingerprint density at radius 3 is 2.76 bits per heavy atom. The number of likely N-dealkylation sites (N-methyl/N-ethyl adjacent to an activating group) is 1. The van der Waals surface area contributed by atoms with Gasteiger partial charge >= 0.3 is 0 Å². The third-order valence-electron chi connectivity index (χ3n) is 2.68. The third kappa shape index (κ3) is 3.98. The predicted octanol–water partition coefficient (Wildman–Crippen LogP) is 1.97. The molecule has 0 heterocycles. The molecule has 0 saturated carbocycles. The minimum Gasteiger partial charge on any atom is -0.497 e. The van der Waals surface area contributed by atoms with Crippen molar-refractivity contribution in [2.75, 3.05) is 26.0 Å². The molecule has 17 heavy (non-hydrogen) atoms. The number of rotatable bonds is 5. The van der Waals surface area contributed by atoms with Crippen molar-refractivity contribution in [1.29, 1.82) is 0 Å². The van der Waals surface area contributed by atoms with Gasteiger partial charge in [-0.15, -0.1) is 0 Å². The van der Waals surface area contributed by atoms with Gasteiger partial charge in [0, 0.05) is 24.8 Å². The lowest BCUT2D eigenvalue weighted by Crippen LogP contribution is -2.37. The molecule has 0 radical (unpaired) electrons. The molecule has 0 aliphatic carbocycles. The SMILES string of the molecule is COc1cccc(NCC(=O)N(C)C(C)C)c1. The molecule has 1 aromatic rings. The van der Waals surface area contributed by atoms with Crippen LogP contribution in [0, 0.1) is 0 Å². The number of methoxy groups -OCH3 is 1. The van der Waals surface area contributed by atoms with Crippen LogP contribution in [0.3, 0.4) is 0 Å². The van der Waals surface area contributed by atoms with Crippen LogP contribution in [-0.2, 0) is 4.79 Å². The van der Waals surface area contributed by atoms with Crippen molar-refractivity contribution in [3.63, 3.8) is 0 Å². The predicted molar refractivity (Wildman–Crippen MR) is 69.4 cm³/mol. The number of nitrogens with one attached hydrogen (secondary N) is 1. The van der Waals surface area contributed by atoms with Gasteiger partial charge < -0.3 is 15.0 Å².